The van der Waals surface area contributed by atoms with Crippen LogP contribution in [0.5, 0.6) is 0 Å². The number of hydrogen-bond donors (Lipinski definition) is 1. The minimum Gasteiger partial charge on any atom is -0.476 e. The van der Waals surface area contributed by atoms with Crippen molar-refractivity contribution in [2.45, 2.75) is 59.2 Å². The highest BCUT2D eigenvalue weighted by Crippen LogP contribution is 2.22. The molecule has 0 unspecified atom stereocenters. The Hall–Kier alpha value is -4.50. The quantitative estimate of drug-likeness (QED) is 0.148. The number of benzene rings is 2. The van der Waals surface area contributed by atoms with Crippen LogP contribution in [-0.4, -0.2) is 78.3 Å². The number of halogens is 4. The molecule has 14 nitrogen and oxygen atoms in total. The van der Waals surface area contributed by atoms with Crippen molar-refractivity contribution in [1.82, 2.24) is 29.4 Å². The highest BCUT2D eigenvalue weighted by molar-refractivity contribution is 6.35. The molecular formula is C34H34Cl4N6O8. The van der Waals surface area contributed by atoms with Crippen molar-refractivity contribution in [3.63, 3.8) is 0 Å². The first-order valence-electron chi connectivity index (χ1n) is 16.2. The molecule has 18 heteroatoms. The van der Waals surface area contributed by atoms with E-state index in [1.807, 2.05) is 0 Å². The molecule has 2 amide bonds. The van der Waals surface area contributed by atoms with Gasteiger partial charge in [-0.3, -0.25) is 9.36 Å². The molecule has 0 aliphatic carbocycles. The molecule has 4 aromatic rings. The number of carboxylic acid groups (broad SMARTS) is 1. The number of ether oxygens (including phenoxy) is 3. The summed E-state index contributed by atoms with van der Waals surface area (Å²) in [4.78, 5) is 50.8. The summed E-state index contributed by atoms with van der Waals surface area (Å²) < 4.78 is 19.0. The van der Waals surface area contributed by atoms with Gasteiger partial charge in [0.25, 0.3) is 0 Å². The lowest BCUT2D eigenvalue weighted by Crippen LogP contribution is -2.31. The van der Waals surface area contributed by atoms with Gasteiger partial charge in [0, 0.05) is 46.3 Å². The van der Waals surface area contributed by atoms with Gasteiger partial charge in [-0.15, -0.1) is 0 Å². The van der Waals surface area contributed by atoms with Crippen LogP contribution in [0.15, 0.2) is 48.5 Å². The molecule has 6 rings (SSSR count). The molecule has 2 aliphatic rings. The molecule has 276 valence electrons. The second kappa shape index (κ2) is 17.8. The maximum atomic E-state index is 12.5. The van der Waals surface area contributed by atoms with Crippen molar-refractivity contribution in [3.8, 4) is 0 Å². The third-order valence-electron chi connectivity index (χ3n) is 7.82. The normalized spacial score (nSPS) is 13.8. The van der Waals surface area contributed by atoms with Crippen molar-refractivity contribution in [2.24, 2.45) is 0 Å². The summed E-state index contributed by atoms with van der Waals surface area (Å²) >= 11 is 23.8. The number of aromatic carboxylic acids is 1. The summed E-state index contributed by atoms with van der Waals surface area (Å²) in [7, 11) is 0. The third kappa shape index (κ3) is 10.5. The number of carbonyl (C=O) groups excluding carboxylic acids is 3. The maximum Gasteiger partial charge on any atom is 0.410 e. The van der Waals surface area contributed by atoms with Gasteiger partial charge in [0.15, 0.2) is 11.4 Å². The molecule has 0 saturated carbocycles. The van der Waals surface area contributed by atoms with Gasteiger partial charge in [-0.05, 0) is 79.4 Å². The smallest absolute Gasteiger partial charge is 0.410 e. The molecule has 4 heterocycles. The number of carboxylic acids is 1. The zero-order valence-electron chi connectivity index (χ0n) is 27.9. The molecule has 52 heavy (non-hydrogen) atoms. The van der Waals surface area contributed by atoms with Crippen LogP contribution in [0.2, 0.25) is 20.1 Å². The summed E-state index contributed by atoms with van der Waals surface area (Å²) in [5.41, 5.74) is 3.05. The van der Waals surface area contributed by atoms with E-state index in [0.29, 0.717) is 82.5 Å². The molecular weight excluding hydrogens is 762 g/mol. The summed E-state index contributed by atoms with van der Waals surface area (Å²) in [6.07, 6.45) is 0.432. The van der Waals surface area contributed by atoms with Crippen molar-refractivity contribution in [3.05, 3.63) is 103 Å². The van der Waals surface area contributed by atoms with Crippen LogP contribution < -0.4 is 0 Å². The average Bonchev–Trinajstić information content (AvgIpc) is 3.55. The molecule has 2 aromatic heterocycles. The first-order valence-corrected chi connectivity index (χ1v) is 17.7. The number of carbonyl (C=O) groups is 4. The topological polar surface area (TPSA) is 158 Å². The van der Waals surface area contributed by atoms with Crippen LogP contribution in [0.3, 0.4) is 0 Å². The van der Waals surface area contributed by atoms with E-state index in [1.165, 1.54) is 11.0 Å². The molecule has 0 atom stereocenters. The lowest BCUT2D eigenvalue weighted by Gasteiger charge is -2.19. The Morgan fingerprint density at radius 1 is 0.635 bits per heavy atom. The van der Waals surface area contributed by atoms with E-state index in [4.69, 9.17) is 65.7 Å². The highest BCUT2D eigenvalue weighted by Gasteiger charge is 2.25. The monoisotopic (exact) mass is 794 g/mol. The predicted octanol–water partition coefficient (Wildman–Crippen LogP) is 7.34. The van der Waals surface area contributed by atoms with Crippen molar-refractivity contribution in [2.75, 3.05) is 19.7 Å². The van der Waals surface area contributed by atoms with E-state index in [0.717, 1.165) is 5.69 Å². The number of fused-ring (bicyclic) bond motifs is 2. The van der Waals surface area contributed by atoms with Crippen molar-refractivity contribution >= 4 is 70.5 Å². The van der Waals surface area contributed by atoms with Gasteiger partial charge < -0.3 is 29.1 Å². The van der Waals surface area contributed by atoms with Gasteiger partial charge in [0.05, 0.1) is 31.1 Å². The first kappa shape index (κ1) is 38.7. The zero-order chi connectivity index (χ0) is 37.4. The van der Waals surface area contributed by atoms with Gasteiger partial charge in [-0.1, -0.05) is 46.4 Å². The Kier molecular flexibility index (Phi) is 13.3. The van der Waals surface area contributed by atoms with E-state index >= 15 is 0 Å². The van der Waals surface area contributed by atoms with Crippen LogP contribution in [0.1, 0.15) is 63.3 Å². The van der Waals surface area contributed by atoms with E-state index in [-0.39, 0.29) is 37.8 Å². The summed E-state index contributed by atoms with van der Waals surface area (Å²) in [5.74, 6) is -1.56. The fourth-order valence-corrected chi connectivity index (χ4v) is 6.65. The summed E-state index contributed by atoms with van der Waals surface area (Å²) in [6, 6.07) is 13.1. The predicted molar refractivity (Wildman–Crippen MR) is 191 cm³/mol. The van der Waals surface area contributed by atoms with Crippen LogP contribution in [0.25, 0.3) is 0 Å². The maximum absolute atomic E-state index is 12.5. The van der Waals surface area contributed by atoms with E-state index in [2.05, 4.69) is 10.2 Å². The number of nitrogens with zero attached hydrogens (tertiary/aromatic N) is 6. The van der Waals surface area contributed by atoms with Gasteiger partial charge in [0.2, 0.25) is 0 Å². The standard InChI is InChI=1S/C18H19Cl2N3O4.C16H15Cl2N3O4/c1-2-26-17(24)16-9-15-10-22(4-3-5-23(15)21-16)18(25)27-11-12-6-13(19)8-14(20)7-12;17-11-4-10(5-12(18)6-11)9-25-16(24)20-2-1-3-21-13(8-20)7-14(19-21)15(22)23/h6-9H,2-5,10-11H2,1H3;4-7H,1-3,8-9H2,(H,22,23). The molecule has 0 radical (unpaired) electrons. The Balaban J connectivity index is 0.000000202. The molecule has 0 spiro atoms. The van der Waals surface area contributed by atoms with E-state index < -0.39 is 24.1 Å². The lowest BCUT2D eigenvalue weighted by molar-refractivity contribution is 0.0517. The van der Waals surface area contributed by atoms with Crippen LogP contribution in [0.4, 0.5) is 9.59 Å². The SMILES string of the molecule is CCOC(=O)c1cc2n(n1)CCCN(C(=O)OCc1cc(Cl)cc(Cl)c1)C2.O=C(O)c1cc2n(n1)CCCN(C(=O)OCc1cc(Cl)cc(Cl)c1)C2. The second-order valence-electron chi connectivity index (χ2n) is 11.7. The Labute approximate surface area is 318 Å². The largest absolute Gasteiger partial charge is 0.476 e. The summed E-state index contributed by atoms with van der Waals surface area (Å²) in [5, 5.41) is 19.2. The number of hydrogen-bond acceptors (Lipinski definition) is 9. The van der Waals surface area contributed by atoms with Gasteiger partial charge in [-0.25, -0.2) is 19.2 Å². The van der Waals surface area contributed by atoms with Crippen LogP contribution in [0, 0.1) is 0 Å². The van der Waals surface area contributed by atoms with Crippen LogP contribution >= 0.6 is 46.4 Å². The Morgan fingerprint density at radius 2 is 1.06 bits per heavy atom. The molecule has 0 fully saturated rings. The minimum absolute atomic E-state index is 0.0289. The third-order valence-corrected chi connectivity index (χ3v) is 8.69. The minimum atomic E-state index is -1.09. The van der Waals surface area contributed by atoms with Crippen molar-refractivity contribution in [1.29, 1.82) is 0 Å². The van der Waals surface area contributed by atoms with Crippen molar-refractivity contribution < 1.29 is 38.5 Å². The molecule has 0 bridgehead atoms. The zero-order valence-corrected chi connectivity index (χ0v) is 30.9. The fraction of sp³-hybridized carbons (Fsp3) is 0.353. The molecule has 2 aromatic carbocycles. The molecule has 1 N–H and O–H groups in total. The highest BCUT2D eigenvalue weighted by atomic mass is 35.5. The van der Waals surface area contributed by atoms with Gasteiger partial charge in [-0.2, -0.15) is 10.2 Å². The number of aryl methyl sites for hydroxylation is 2. The van der Waals surface area contributed by atoms with E-state index in [9.17, 15) is 19.2 Å². The Morgan fingerprint density at radius 3 is 1.48 bits per heavy atom. The lowest BCUT2D eigenvalue weighted by atomic mass is 10.2. The first-order chi connectivity index (χ1) is 24.9. The molecule has 0 saturated heterocycles. The average molecular weight is 796 g/mol. The van der Waals surface area contributed by atoms with Gasteiger partial charge >= 0.3 is 24.1 Å². The number of rotatable bonds is 7. The van der Waals surface area contributed by atoms with Gasteiger partial charge in [0.1, 0.15) is 13.2 Å². The van der Waals surface area contributed by atoms with E-state index in [1.54, 1.807) is 63.7 Å². The molecule has 2 aliphatic heterocycles. The number of aromatic nitrogens is 4. The number of amides is 2. The second-order valence-corrected chi connectivity index (χ2v) is 13.5. The Bertz CT molecular complexity index is 1910. The summed E-state index contributed by atoms with van der Waals surface area (Å²) in [6.45, 7) is 4.90. The number of esters is 1. The van der Waals surface area contributed by atoms with Crippen LogP contribution in [-0.2, 0) is 53.6 Å². The fourth-order valence-electron chi connectivity index (χ4n) is 5.51.